The van der Waals surface area contributed by atoms with Gasteiger partial charge in [-0.3, -0.25) is 9.89 Å². The van der Waals surface area contributed by atoms with Crippen molar-refractivity contribution in [2.75, 3.05) is 13.1 Å². The van der Waals surface area contributed by atoms with E-state index in [9.17, 15) is 4.79 Å². The number of likely N-dealkylation sites (tertiary alicyclic amines) is 1. The molecule has 1 saturated heterocycles. The zero-order valence-corrected chi connectivity index (χ0v) is 11.6. The highest BCUT2D eigenvalue weighted by molar-refractivity contribution is 5.94. The molecule has 1 aromatic heterocycles. The Bertz CT molecular complexity index is 464. The fourth-order valence-electron chi connectivity index (χ4n) is 2.39. The molecule has 0 saturated carbocycles. The van der Waals surface area contributed by atoms with Gasteiger partial charge in [-0.15, -0.1) is 0 Å². The number of hydrogen-bond donors (Lipinski definition) is 2. The van der Waals surface area contributed by atoms with Crippen molar-refractivity contribution in [2.45, 2.75) is 40.2 Å². The molecule has 0 aliphatic carbocycles. The molecule has 0 spiro atoms. The van der Waals surface area contributed by atoms with E-state index < -0.39 is 0 Å². The number of rotatable bonds is 1. The van der Waals surface area contributed by atoms with Gasteiger partial charge in [0.2, 0.25) is 0 Å². The fraction of sp³-hybridized carbons (Fsp3) is 0.692. The third kappa shape index (κ3) is 2.14. The Labute approximate surface area is 108 Å². The SMILES string of the molecule is Cc1[nH]nc(C(=O)N2CCC(N)C(C)(C)C2)c1C. The number of carbonyl (C=O) groups is 1. The van der Waals surface area contributed by atoms with Crippen molar-refractivity contribution in [1.29, 1.82) is 0 Å². The van der Waals surface area contributed by atoms with Gasteiger partial charge < -0.3 is 10.6 Å². The maximum Gasteiger partial charge on any atom is 0.274 e. The first-order valence-electron chi connectivity index (χ1n) is 6.39. The summed E-state index contributed by atoms with van der Waals surface area (Å²) in [7, 11) is 0. The molecule has 0 bridgehead atoms. The molecule has 0 radical (unpaired) electrons. The van der Waals surface area contributed by atoms with Crippen LogP contribution in [0.25, 0.3) is 0 Å². The second-order valence-corrected chi connectivity index (χ2v) is 5.93. The maximum atomic E-state index is 12.4. The molecular formula is C13H22N4O. The van der Waals surface area contributed by atoms with Gasteiger partial charge in [0.25, 0.3) is 5.91 Å². The molecule has 100 valence electrons. The third-order valence-electron chi connectivity index (χ3n) is 4.06. The number of aryl methyl sites for hydroxylation is 1. The van der Waals surface area contributed by atoms with Crippen LogP contribution in [0.4, 0.5) is 0 Å². The lowest BCUT2D eigenvalue weighted by molar-refractivity contribution is 0.0526. The van der Waals surface area contributed by atoms with E-state index in [-0.39, 0.29) is 17.4 Å². The van der Waals surface area contributed by atoms with Crippen molar-refractivity contribution >= 4 is 5.91 Å². The Kier molecular flexibility index (Phi) is 3.19. The number of aromatic nitrogens is 2. The molecule has 5 heteroatoms. The van der Waals surface area contributed by atoms with Crippen molar-refractivity contribution in [1.82, 2.24) is 15.1 Å². The molecule has 1 aliphatic rings. The van der Waals surface area contributed by atoms with E-state index in [2.05, 4.69) is 24.0 Å². The highest BCUT2D eigenvalue weighted by atomic mass is 16.2. The highest BCUT2D eigenvalue weighted by Gasteiger charge is 2.36. The minimum atomic E-state index is -0.0346. The Morgan fingerprint density at radius 2 is 2.17 bits per heavy atom. The number of amides is 1. The van der Waals surface area contributed by atoms with Gasteiger partial charge >= 0.3 is 0 Å². The van der Waals surface area contributed by atoms with Gasteiger partial charge in [-0.05, 0) is 25.7 Å². The third-order valence-corrected chi connectivity index (χ3v) is 4.06. The first-order valence-corrected chi connectivity index (χ1v) is 6.39. The number of nitrogens with one attached hydrogen (secondary N) is 1. The number of hydrogen-bond acceptors (Lipinski definition) is 3. The molecule has 18 heavy (non-hydrogen) atoms. The summed E-state index contributed by atoms with van der Waals surface area (Å²) in [6, 6.07) is 0.156. The van der Waals surface area contributed by atoms with E-state index in [0.717, 1.165) is 24.2 Å². The summed E-state index contributed by atoms with van der Waals surface area (Å²) >= 11 is 0. The van der Waals surface area contributed by atoms with Crippen LogP contribution >= 0.6 is 0 Å². The predicted molar refractivity (Wildman–Crippen MR) is 70.3 cm³/mol. The van der Waals surface area contributed by atoms with E-state index in [1.807, 2.05) is 18.7 Å². The Morgan fingerprint density at radius 3 is 2.67 bits per heavy atom. The average Bonchev–Trinajstić information content (AvgIpc) is 2.63. The molecule has 2 rings (SSSR count). The molecular weight excluding hydrogens is 228 g/mol. The van der Waals surface area contributed by atoms with E-state index in [1.54, 1.807) is 0 Å². The summed E-state index contributed by atoms with van der Waals surface area (Å²) < 4.78 is 0. The van der Waals surface area contributed by atoms with Crippen LogP contribution in [0.15, 0.2) is 0 Å². The first kappa shape index (κ1) is 13.1. The fourth-order valence-corrected chi connectivity index (χ4v) is 2.39. The lowest BCUT2D eigenvalue weighted by Crippen LogP contribution is -2.54. The van der Waals surface area contributed by atoms with Crippen LogP contribution < -0.4 is 5.73 Å². The van der Waals surface area contributed by atoms with Crippen LogP contribution in [-0.4, -0.2) is 40.1 Å². The smallest absolute Gasteiger partial charge is 0.274 e. The normalized spacial score (nSPS) is 23.2. The number of H-pyrrole nitrogens is 1. The van der Waals surface area contributed by atoms with Gasteiger partial charge in [0.1, 0.15) is 0 Å². The van der Waals surface area contributed by atoms with E-state index >= 15 is 0 Å². The van der Waals surface area contributed by atoms with Crippen molar-refractivity contribution in [2.24, 2.45) is 11.1 Å². The Balaban J connectivity index is 2.18. The second kappa shape index (κ2) is 4.39. The maximum absolute atomic E-state index is 12.4. The van der Waals surface area contributed by atoms with Gasteiger partial charge in [0.05, 0.1) is 0 Å². The molecule has 0 aromatic carbocycles. The van der Waals surface area contributed by atoms with Gasteiger partial charge in [-0.25, -0.2) is 0 Å². The molecule has 1 unspecified atom stereocenters. The number of carbonyl (C=O) groups excluding carboxylic acids is 1. The van der Waals surface area contributed by atoms with Gasteiger partial charge in [-0.1, -0.05) is 13.8 Å². The van der Waals surface area contributed by atoms with Crippen LogP contribution in [0.1, 0.15) is 42.0 Å². The Morgan fingerprint density at radius 1 is 1.50 bits per heavy atom. The molecule has 3 N–H and O–H groups in total. The standard InChI is InChI=1S/C13H22N4O/c1-8-9(2)15-16-11(8)12(18)17-6-5-10(14)13(3,4)7-17/h10H,5-7,14H2,1-4H3,(H,15,16). The summed E-state index contributed by atoms with van der Waals surface area (Å²) in [4.78, 5) is 14.3. The number of aromatic amines is 1. The monoisotopic (exact) mass is 250 g/mol. The van der Waals surface area contributed by atoms with Gasteiger partial charge in [-0.2, -0.15) is 5.10 Å². The zero-order chi connectivity index (χ0) is 13.5. The minimum absolute atomic E-state index is 0.0109. The predicted octanol–water partition coefficient (Wildman–Crippen LogP) is 1.23. The second-order valence-electron chi connectivity index (χ2n) is 5.93. The van der Waals surface area contributed by atoms with Crippen LogP contribution in [0.3, 0.4) is 0 Å². The molecule has 1 aliphatic heterocycles. The van der Waals surface area contributed by atoms with Crippen LogP contribution in [0.2, 0.25) is 0 Å². The summed E-state index contributed by atoms with van der Waals surface area (Å²) in [6.07, 6.45) is 0.848. The number of nitrogens with zero attached hydrogens (tertiary/aromatic N) is 2. The first-order chi connectivity index (χ1) is 8.33. The summed E-state index contributed by atoms with van der Waals surface area (Å²) in [5.74, 6) is 0.0109. The molecule has 1 aromatic rings. The molecule has 1 amide bonds. The highest BCUT2D eigenvalue weighted by Crippen LogP contribution is 2.28. The van der Waals surface area contributed by atoms with Gasteiger partial charge in [0.15, 0.2) is 5.69 Å². The van der Waals surface area contributed by atoms with Crippen molar-refractivity contribution in [3.05, 3.63) is 17.0 Å². The van der Waals surface area contributed by atoms with Crippen LogP contribution in [-0.2, 0) is 0 Å². The lowest BCUT2D eigenvalue weighted by Gasteiger charge is -2.42. The van der Waals surface area contributed by atoms with E-state index in [1.165, 1.54) is 0 Å². The van der Waals surface area contributed by atoms with E-state index in [4.69, 9.17) is 5.73 Å². The summed E-state index contributed by atoms with van der Waals surface area (Å²) in [5, 5.41) is 6.97. The summed E-state index contributed by atoms with van der Waals surface area (Å²) in [6.45, 7) is 9.48. The van der Waals surface area contributed by atoms with Crippen molar-refractivity contribution < 1.29 is 4.79 Å². The zero-order valence-electron chi connectivity index (χ0n) is 11.6. The van der Waals surface area contributed by atoms with Crippen LogP contribution in [0, 0.1) is 19.3 Å². The number of piperidine rings is 1. The topological polar surface area (TPSA) is 75.0 Å². The lowest BCUT2D eigenvalue weighted by atomic mass is 9.79. The van der Waals surface area contributed by atoms with E-state index in [0.29, 0.717) is 12.2 Å². The molecule has 5 nitrogen and oxygen atoms in total. The quantitative estimate of drug-likeness (QED) is 0.787. The van der Waals surface area contributed by atoms with Gasteiger partial charge in [0, 0.05) is 30.4 Å². The van der Waals surface area contributed by atoms with Crippen LogP contribution in [0.5, 0.6) is 0 Å². The average molecular weight is 250 g/mol. The van der Waals surface area contributed by atoms with Crippen molar-refractivity contribution in [3.63, 3.8) is 0 Å². The largest absolute Gasteiger partial charge is 0.337 e. The molecule has 1 fully saturated rings. The van der Waals surface area contributed by atoms with Crippen molar-refractivity contribution in [3.8, 4) is 0 Å². The summed E-state index contributed by atoms with van der Waals surface area (Å²) in [5.41, 5.74) is 8.48. The number of nitrogens with two attached hydrogens (primary N) is 1. The minimum Gasteiger partial charge on any atom is -0.337 e. The molecule has 1 atom stereocenters. The molecule has 2 heterocycles. The Hall–Kier alpha value is -1.36.